The van der Waals surface area contributed by atoms with E-state index in [-0.39, 0.29) is 17.0 Å². The van der Waals surface area contributed by atoms with E-state index in [1.165, 1.54) is 7.11 Å². The molecule has 2 aromatic carbocycles. The van der Waals surface area contributed by atoms with Crippen molar-refractivity contribution in [3.05, 3.63) is 55.0 Å². The van der Waals surface area contributed by atoms with E-state index in [9.17, 15) is 20.0 Å². The van der Waals surface area contributed by atoms with Crippen LogP contribution >= 0.6 is 31.9 Å². The molecular formula is C14H10Br2N2O5. The summed E-state index contributed by atoms with van der Waals surface area (Å²) in [6.45, 7) is 0. The van der Waals surface area contributed by atoms with Gasteiger partial charge in [-0.05, 0) is 50.1 Å². The van der Waals surface area contributed by atoms with Gasteiger partial charge in [0.05, 0.1) is 26.5 Å². The van der Waals surface area contributed by atoms with Crippen LogP contribution in [0.2, 0.25) is 0 Å². The first-order valence-electron chi connectivity index (χ1n) is 6.15. The number of nitro groups is 1. The first kappa shape index (κ1) is 17.2. The smallest absolute Gasteiger partial charge is 0.270 e. The molecule has 7 nitrogen and oxygen atoms in total. The number of halogens is 2. The summed E-state index contributed by atoms with van der Waals surface area (Å²) in [5.41, 5.74) is -0.0623. The number of phenolic OH excluding ortho intramolecular Hbond substituents is 1. The van der Waals surface area contributed by atoms with Crippen molar-refractivity contribution in [1.29, 1.82) is 0 Å². The van der Waals surface area contributed by atoms with Gasteiger partial charge in [0.25, 0.3) is 11.6 Å². The van der Waals surface area contributed by atoms with Crippen LogP contribution in [0.5, 0.6) is 11.5 Å². The molecule has 0 fully saturated rings. The van der Waals surface area contributed by atoms with Crippen molar-refractivity contribution in [2.24, 2.45) is 0 Å². The highest BCUT2D eigenvalue weighted by atomic mass is 79.9. The molecule has 120 valence electrons. The van der Waals surface area contributed by atoms with Gasteiger partial charge in [0.1, 0.15) is 11.5 Å². The third-order valence-corrected chi connectivity index (χ3v) is 4.07. The molecule has 0 unspecified atom stereocenters. The van der Waals surface area contributed by atoms with E-state index in [2.05, 4.69) is 37.2 Å². The van der Waals surface area contributed by atoms with Crippen LogP contribution in [0.1, 0.15) is 10.4 Å². The molecule has 0 aliphatic carbocycles. The molecule has 0 bridgehead atoms. The van der Waals surface area contributed by atoms with Crippen LogP contribution in [0.15, 0.2) is 39.3 Å². The molecule has 0 spiro atoms. The molecule has 0 aliphatic heterocycles. The molecule has 2 aromatic rings. The van der Waals surface area contributed by atoms with Crippen LogP contribution in [0.25, 0.3) is 0 Å². The molecule has 23 heavy (non-hydrogen) atoms. The first-order chi connectivity index (χ1) is 10.8. The number of hydrogen-bond donors (Lipinski definition) is 2. The molecule has 1 amide bonds. The maximum absolute atomic E-state index is 12.2. The number of nitrogens with zero attached hydrogens (tertiary/aromatic N) is 1. The number of phenols is 1. The lowest BCUT2D eigenvalue weighted by molar-refractivity contribution is -0.384. The topological polar surface area (TPSA) is 102 Å². The Morgan fingerprint density at radius 2 is 1.87 bits per heavy atom. The summed E-state index contributed by atoms with van der Waals surface area (Å²) in [6.07, 6.45) is 0. The molecule has 0 saturated heterocycles. The van der Waals surface area contributed by atoms with Crippen molar-refractivity contribution >= 4 is 49.1 Å². The summed E-state index contributed by atoms with van der Waals surface area (Å²) in [5, 5.41) is 23.1. The Balaban J connectivity index is 2.33. The van der Waals surface area contributed by atoms with E-state index in [0.717, 1.165) is 18.2 Å². The Morgan fingerprint density at radius 3 is 2.39 bits per heavy atom. The summed E-state index contributed by atoms with van der Waals surface area (Å²) in [6, 6.07) is 6.45. The normalized spacial score (nSPS) is 10.2. The van der Waals surface area contributed by atoms with Gasteiger partial charge in [-0.2, -0.15) is 0 Å². The molecule has 2 rings (SSSR count). The van der Waals surface area contributed by atoms with Gasteiger partial charge in [-0.15, -0.1) is 0 Å². The molecule has 0 saturated carbocycles. The number of anilines is 1. The molecule has 0 aliphatic rings. The average molecular weight is 446 g/mol. The van der Waals surface area contributed by atoms with Gasteiger partial charge in [0.2, 0.25) is 0 Å². The fourth-order valence-electron chi connectivity index (χ4n) is 1.84. The Bertz CT molecular complexity index is 772. The summed E-state index contributed by atoms with van der Waals surface area (Å²) in [5.74, 6) is -0.462. The highest BCUT2D eigenvalue weighted by Gasteiger charge is 2.17. The minimum absolute atomic E-state index is 0.192. The van der Waals surface area contributed by atoms with Gasteiger partial charge in [0, 0.05) is 17.8 Å². The number of non-ortho nitro benzene ring substituents is 1. The summed E-state index contributed by atoms with van der Waals surface area (Å²) >= 11 is 6.61. The Hall–Kier alpha value is -2.13. The number of carbonyl (C=O) groups excluding carboxylic acids is 1. The largest absolute Gasteiger partial charge is 0.507 e. The number of rotatable bonds is 4. The van der Waals surface area contributed by atoms with Crippen molar-refractivity contribution in [2.45, 2.75) is 0 Å². The predicted molar refractivity (Wildman–Crippen MR) is 91.1 cm³/mol. The molecule has 9 heteroatoms. The molecule has 0 radical (unpaired) electrons. The molecule has 0 aromatic heterocycles. The monoisotopic (exact) mass is 444 g/mol. The van der Waals surface area contributed by atoms with Crippen LogP contribution in [0, 0.1) is 10.1 Å². The van der Waals surface area contributed by atoms with Crippen molar-refractivity contribution in [1.82, 2.24) is 0 Å². The zero-order valence-electron chi connectivity index (χ0n) is 11.7. The zero-order chi connectivity index (χ0) is 17.1. The maximum atomic E-state index is 12.2. The predicted octanol–water partition coefficient (Wildman–Crippen LogP) is 4.09. The minimum atomic E-state index is -0.671. The second-order valence-electron chi connectivity index (χ2n) is 4.39. The summed E-state index contributed by atoms with van der Waals surface area (Å²) in [4.78, 5) is 22.4. The van der Waals surface area contributed by atoms with Crippen LogP contribution in [-0.4, -0.2) is 23.0 Å². The van der Waals surface area contributed by atoms with Crippen LogP contribution < -0.4 is 10.1 Å². The summed E-state index contributed by atoms with van der Waals surface area (Å²) < 4.78 is 6.37. The highest BCUT2D eigenvalue weighted by molar-refractivity contribution is 9.11. The van der Waals surface area contributed by atoms with Gasteiger partial charge >= 0.3 is 0 Å². The van der Waals surface area contributed by atoms with E-state index in [4.69, 9.17) is 4.74 Å². The summed E-state index contributed by atoms with van der Waals surface area (Å²) in [7, 11) is 1.50. The van der Waals surface area contributed by atoms with Gasteiger partial charge in [-0.25, -0.2) is 0 Å². The average Bonchev–Trinajstić information content (AvgIpc) is 2.47. The molecule has 0 heterocycles. The first-order valence-corrected chi connectivity index (χ1v) is 7.74. The standard InChI is InChI=1S/C14H10Br2N2O5/c1-23-13-10(15)4-7(5-11(13)16)17-14(20)9-6-8(18(21)22)2-3-12(9)19/h2-6,19H,1H3,(H,17,20). The number of methoxy groups -OCH3 is 1. The van der Waals surface area contributed by atoms with Crippen LogP contribution in [0.4, 0.5) is 11.4 Å². The molecule has 0 atom stereocenters. The number of aromatic hydroxyl groups is 1. The van der Waals surface area contributed by atoms with Crippen molar-refractivity contribution in [3.63, 3.8) is 0 Å². The van der Waals surface area contributed by atoms with E-state index in [1.54, 1.807) is 12.1 Å². The van der Waals surface area contributed by atoms with E-state index < -0.39 is 10.8 Å². The number of carbonyl (C=O) groups is 1. The second kappa shape index (κ2) is 6.97. The Kier molecular flexibility index (Phi) is 5.22. The SMILES string of the molecule is COc1c(Br)cc(NC(=O)c2cc([N+](=O)[O-])ccc2O)cc1Br. The van der Waals surface area contributed by atoms with Gasteiger partial charge in [-0.3, -0.25) is 14.9 Å². The minimum Gasteiger partial charge on any atom is -0.507 e. The fourth-order valence-corrected chi connectivity index (χ4v) is 3.36. The highest BCUT2D eigenvalue weighted by Crippen LogP contribution is 2.36. The van der Waals surface area contributed by atoms with E-state index in [1.807, 2.05) is 0 Å². The Labute approximate surface area is 147 Å². The number of benzene rings is 2. The van der Waals surface area contributed by atoms with Crippen molar-refractivity contribution < 1.29 is 19.6 Å². The second-order valence-corrected chi connectivity index (χ2v) is 6.09. The van der Waals surface area contributed by atoms with Gasteiger partial charge in [0.15, 0.2) is 0 Å². The van der Waals surface area contributed by atoms with Gasteiger partial charge < -0.3 is 15.2 Å². The third kappa shape index (κ3) is 3.80. The van der Waals surface area contributed by atoms with Gasteiger partial charge in [-0.1, -0.05) is 0 Å². The lowest BCUT2D eigenvalue weighted by Crippen LogP contribution is -2.12. The molecule has 2 N–H and O–H groups in total. The van der Waals surface area contributed by atoms with E-state index >= 15 is 0 Å². The quantitative estimate of drug-likeness (QED) is 0.545. The lowest BCUT2D eigenvalue weighted by atomic mass is 10.1. The third-order valence-electron chi connectivity index (χ3n) is 2.90. The number of nitrogens with one attached hydrogen (secondary N) is 1. The number of amides is 1. The number of ether oxygens (including phenoxy) is 1. The zero-order valence-corrected chi connectivity index (χ0v) is 14.8. The van der Waals surface area contributed by atoms with Crippen LogP contribution in [0.3, 0.4) is 0 Å². The van der Waals surface area contributed by atoms with E-state index in [0.29, 0.717) is 20.4 Å². The van der Waals surface area contributed by atoms with Crippen LogP contribution in [-0.2, 0) is 0 Å². The Morgan fingerprint density at radius 1 is 1.26 bits per heavy atom. The van der Waals surface area contributed by atoms with Crippen molar-refractivity contribution in [3.8, 4) is 11.5 Å². The van der Waals surface area contributed by atoms with Crippen molar-refractivity contribution in [2.75, 3.05) is 12.4 Å². The number of hydrogen-bond acceptors (Lipinski definition) is 5. The number of nitro benzene ring substituents is 1. The fraction of sp³-hybridized carbons (Fsp3) is 0.0714. The lowest BCUT2D eigenvalue weighted by Gasteiger charge is -2.11. The maximum Gasteiger partial charge on any atom is 0.270 e. The molecular weight excluding hydrogens is 436 g/mol.